The van der Waals surface area contributed by atoms with Crippen molar-refractivity contribution in [2.45, 2.75) is 39.5 Å². The maximum atomic E-state index is 12.3. The van der Waals surface area contributed by atoms with Gasteiger partial charge in [0.05, 0.1) is 6.61 Å². The van der Waals surface area contributed by atoms with Gasteiger partial charge >= 0.3 is 15.6 Å². The molecule has 0 heterocycles. The van der Waals surface area contributed by atoms with Gasteiger partial charge in [0.25, 0.3) is 0 Å². The fourth-order valence-corrected chi connectivity index (χ4v) is 3.36. The van der Waals surface area contributed by atoms with E-state index < -0.39 is 29.0 Å². The molecule has 0 saturated heterocycles. The predicted octanol–water partition coefficient (Wildman–Crippen LogP) is 4.53. The lowest BCUT2D eigenvalue weighted by Gasteiger charge is -2.11. The standard InChI is InChI=1S/C15H26F2O7P2/c1-13(7-4-8-15(11-16)12-17)5-3-6-14(2)9-10-23-26(21,22)24-25(18,19)20/h5,8-9H,3-4,6-7,10-12H2,1-2H3,(H,21,22)(H2,18,19,20)/b13-5+,14-9+. The van der Waals surface area contributed by atoms with Crippen LogP contribution in [0, 0.1) is 0 Å². The summed E-state index contributed by atoms with van der Waals surface area (Å²) in [6, 6.07) is 0. The van der Waals surface area contributed by atoms with Gasteiger partial charge in [-0.05, 0) is 45.1 Å². The summed E-state index contributed by atoms with van der Waals surface area (Å²) in [6.45, 7) is 1.82. The molecule has 0 aromatic heterocycles. The van der Waals surface area contributed by atoms with Gasteiger partial charge in [-0.2, -0.15) is 4.31 Å². The molecule has 0 aliphatic rings. The number of halogens is 2. The van der Waals surface area contributed by atoms with Crippen molar-refractivity contribution in [2.75, 3.05) is 20.0 Å². The predicted molar refractivity (Wildman–Crippen MR) is 94.9 cm³/mol. The Kier molecular flexibility index (Phi) is 12.4. The molecule has 0 amide bonds. The first-order chi connectivity index (χ1) is 12.0. The van der Waals surface area contributed by atoms with E-state index in [1.807, 2.05) is 13.0 Å². The third kappa shape index (κ3) is 14.5. The van der Waals surface area contributed by atoms with E-state index in [-0.39, 0.29) is 12.2 Å². The fraction of sp³-hybridized carbons (Fsp3) is 0.600. The SMILES string of the molecule is C/C(=C\CC/C(C)=C/COP(=O)(O)OP(=O)(O)O)CCC=C(CF)CF. The molecule has 26 heavy (non-hydrogen) atoms. The highest BCUT2D eigenvalue weighted by Crippen LogP contribution is 2.57. The van der Waals surface area contributed by atoms with Crippen LogP contribution in [0.1, 0.15) is 39.5 Å². The second-order valence-corrected chi connectivity index (χ2v) is 8.47. The van der Waals surface area contributed by atoms with E-state index in [0.29, 0.717) is 25.7 Å². The molecule has 0 bridgehead atoms. The Hall–Kier alpha value is -0.660. The summed E-state index contributed by atoms with van der Waals surface area (Å²) in [6.07, 6.45) is 7.67. The molecule has 0 aromatic rings. The minimum atomic E-state index is -5.11. The molecule has 0 aromatic carbocycles. The van der Waals surface area contributed by atoms with Gasteiger partial charge in [0.2, 0.25) is 0 Å². The van der Waals surface area contributed by atoms with Gasteiger partial charge in [-0.15, -0.1) is 0 Å². The number of hydrogen-bond acceptors (Lipinski definition) is 4. The third-order valence-electron chi connectivity index (χ3n) is 3.23. The van der Waals surface area contributed by atoms with Crippen molar-refractivity contribution in [2.24, 2.45) is 0 Å². The van der Waals surface area contributed by atoms with E-state index in [1.165, 1.54) is 6.08 Å². The summed E-state index contributed by atoms with van der Waals surface area (Å²) in [5.41, 5.74) is 2.08. The largest absolute Gasteiger partial charge is 0.481 e. The van der Waals surface area contributed by atoms with Gasteiger partial charge in [0.15, 0.2) is 0 Å². The molecular formula is C15H26F2O7P2. The van der Waals surface area contributed by atoms with E-state index in [0.717, 1.165) is 11.1 Å². The van der Waals surface area contributed by atoms with Crippen LogP contribution in [0.5, 0.6) is 0 Å². The van der Waals surface area contributed by atoms with Crippen LogP contribution in [-0.2, 0) is 18.0 Å². The second-order valence-electron chi connectivity index (χ2n) is 5.64. The molecule has 11 heteroatoms. The molecule has 0 saturated carbocycles. The Balaban J connectivity index is 4.22. The zero-order chi connectivity index (χ0) is 20.2. The molecule has 0 aliphatic carbocycles. The summed E-state index contributed by atoms with van der Waals surface area (Å²) in [7, 11) is -9.93. The zero-order valence-electron chi connectivity index (χ0n) is 14.8. The monoisotopic (exact) mass is 418 g/mol. The Morgan fingerprint density at radius 2 is 1.42 bits per heavy atom. The van der Waals surface area contributed by atoms with Crippen LogP contribution in [0.15, 0.2) is 34.9 Å². The lowest BCUT2D eigenvalue weighted by Crippen LogP contribution is -1.94. The van der Waals surface area contributed by atoms with Crippen LogP contribution in [-0.4, -0.2) is 34.6 Å². The average molecular weight is 418 g/mol. The molecule has 0 rings (SSSR count). The number of rotatable bonds is 13. The molecular weight excluding hydrogens is 392 g/mol. The quantitative estimate of drug-likeness (QED) is 0.297. The van der Waals surface area contributed by atoms with Crippen LogP contribution in [0.25, 0.3) is 0 Å². The minimum Gasteiger partial charge on any atom is -0.302 e. The van der Waals surface area contributed by atoms with E-state index >= 15 is 0 Å². The van der Waals surface area contributed by atoms with Crippen molar-refractivity contribution in [3.63, 3.8) is 0 Å². The Morgan fingerprint density at radius 3 is 1.92 bits per heavy atom. The minimum absolute atomic E-state index is 0.153. The van der Waals surface area contributed by atoms with Gasteiger partial charge in [0.1, 0.15) is 13.3 Å². The first-order valence-corrected chi connectivity index (χ1v) is 10.9. The normalized spacial score (nSPS) is 15.7. The fourth-order valence-electron chi connectivity index (χ4n) is 1.83. The summed E-state index contributed by atoms with van der Waals surface area (Å²) >= 11 is 0. The molecule has 0 spiro atoms. The second kappa shape index (κ2) is 12.7. The molecule has 152 valence electrons. The third-order valence-corrected chi connectivity index (χ3v) is 5.38. The Bertz CT molecular complexity index is 605. The molecule has 3 N–H and O–H groups in total. The smallest absolute Gasteiger partial charge is 0.302 e. The molecule has 1 atom stereocenters. The van der Waals surface area contributed by atoms with Gasteiger partial charge in [-0.25, -0.2) is 17.9 Å². The number of alkyl halides is 2. The number of hydrogen-bond donors (Lipinski definition) is 3. The summed E-state index contributed by atoms with van der Waals surface area (Å²) in [5.74, 6) is 0. The molecule has 0 fully saturated rings. The highest BCUT2D eigenvalue weighted by Gasteiger charge is 2.31. The van der Waals surface area contributed by atoms with Crippen molar-refractivity contribution in [3.8, 4) is 0 Å². The van der Waals surface area contributed by atoms with Gasteiger partial charge in [0, 0.05) is 0 Å². The summed E-state index contributed by atoms with van der Waals surface area (Å²) in [4.78, 5) is 26.0. The van der Waals surface area contributed by atoms with E-state index in [2.05, 4.69) is 8.83 Å². The summed E-state index contributed by atoms with van der Waals surface area (Å²) < 4.78 is 54.4. The lowest BCUT2D eigenvalue weighted by atomic mass is 10.1. The van der Waals surface area contributed by atoms with Crippen LogP contribution in [0.2, 0.25) is 0 Å². The van der Waals surface area contributed by atoms with Gasteiger partial charge in [-0.1, -0.05) is 29.4 Å². The molecule has 1 unspecified atom stereocenters. The van der Waals surface area contributed by atoms with Gasteiger partial charge < -0.3 is 14.7 Å². The summed E-state index contributed by atoms with van der Waals surface area (Å²) in [5, 5.41) is 0. The maximum absolute atomic E-state index is 12.3. The number of allylic oxidation sites excluding steroid dienone is 5. The van der Waals surface area contributed by atoms with Crippen molar-refractivity contribution < 1.29 is 41.4 Å². The highest BCUT2D eigenvalue weighted by atomic mass is 31.3. The Labute approximate surface area is 152 Å². The van der Waals surface area contributed by atoms with Crippen LogP contribution in [0.3, 0.4) is 0 Å². The molecule has 7 nitrogen and oxygen atoms in total. The van der Waals surface area contributed by atoms with E-state index in [1.54, 1.807) is 13.0 Å². The number of phosphoric ester groups is 1. The Morgan fingerprint density at radius 1 is 0.923 bits per heavy atom. The highest BCUT2D eigenvalue weighted by molar-refractivity contribution is 7.60. The van der Waals surface area contributed by atoms with Crippen molar-refractivity contribution in [1.29, 1.82) is 0 Å². The first-order valence-electron chi connectivity index (χ1n) is 7.84. The van der Waals surface area contributed by atoms with E-state index in [9.17, 15) is 17.9 Å². The maximum Gasteiger partial charge on any atom is 0.481 e. The van der Waals surface area contributed by atoms with Crippen molar-refractivity contribution >= 4 is 15.6 Å². The first kappa shape index (κ1) is 25.3. The average Bonchev–Trinajstić information content (AvgIpc) is 2.49. The molecule has 0 radical (unpaired) electrons. The molecule has 0 aliphatic heterocycles. The van der Waals surface area contributed by atoms with Crippen LogP contribution >= 0.6 is 15.6 Å². The zero-order valence-corrected chi connectivity index (χ0v) is 16.6. The topological polar surface area (TPSA) is 113 Å². The van der Waals surface area contributed by atoms with E-state index in [4.69, 9.17) is 14.7 Å². The lowest BCUT2D eigenvalue weighted by molar-refractivity contribution is 0.191. The van der Waals surface area contributed by atoms with Gasteiger partial charge in [-0.3, -0.25) is 4.52 Å². The van der Waals surface area contributed by atoms with Crippen LogP contribution < -0.4 is 0 Å². The van der Waals surface area contributed by atoms with Crippen molar-refractivity contribution in [1.82, 2.24) is 0 Å². The van der Waals surface area contributed by atoms with Crippen molar-refractivity contribution in [3.05, 3.63) is 34.9 Å². The number of phosphoric acid groups is 2. The van der Waals surface area contributed by atoms with Crippen LogP contribution in [0.4, 0.5) is 8.78 Å².